The van der Waals surface area contributed by atoms with E-state index in [1.807, 2.05) is 0 Å². The molecule has 0 aromatic rings. The number of rotatable bonds is 0. The van der Waals surface area contributed by atoms with Crippen molar-refractivity contribution in [3.63, 3.8) is 0 Å². The summed E-state index contributed by atoms with van der Waals surface area (Å²) in [6, 6.07) is 0. The first-order valence-corrected chi connectivity index (χ1v) is 6.16. The van der Waals surface area contributed by atoms with Crippen molar-refractivity contribution in [3.05, 3.63) is 11.6 Å². The molecule has 2 aliphatic carbocycles. The van der Waals surface area contributed by atoms with Crippen LogP contribution in [0.1, 0.15) is 38.5 Å². The van der Waals surface area contributed by atoms with Crippen molar-refractivity contribution < 1.29 is 14.3 Å². The topological polar surface area (TPSA) is 43.4 Å². The third kappa shape index (κ3) is 1.63. The molecule has 1 aliphatic heterocycles. The maximum absolute atomic E-state index is 11.7. The van der Waals surface area contributed by atoms with Gasteiger partial charge in [0.2, 0.25) is 0 Å². The lowest BCUT2D eigenvalue weighted by molar-refractivity contribution is -0.134. The Balaban J connectivity index is 1.89. The first kappa shape index (κ1) is 10.2. The summed E-state index contributed by atoms with van der Waals surface area (Å²) in [5.41, 5.74) is 0.780. The zero-order chi connectivity index (χ0) is 11.1. The second kappa shape index (κ2) is 3.81. The molecule has 0 aromatic carbocycles. The highest BCUT2D eigenvalue weighted by atomic mass is 16.5. The van der Waals surface area contributed by atoms with Gasteiger partial charge in [0, 0.05) is 17.9 Å². The van der Waals surface area contributed by atoms with Gasteiger partial charge < -0.3 is 4.74 Å². The Morgan fingerprint density at radius 2 is 2.00 bits per heavy atom. The van der Waals surface area contributed by atoms with E-state index in [1.54, 1.807) is 0 Å². The lowest BCUT2D eigenvalue weighted by atomic mass is 9.78. The second-order valence-corrected chi connectivity index (χ2v) is 5.08. The summed E-state index contributed by atoms with van der Waals surface area (Å²) in [6.45, 7) is 0. The molecule has 3 heteroatoms. The van der Waals surface area contributed by atoms with E-state index < -0.39 is 0 Å². The standard InChI is InChI=1S/C13H16O3/c14-9-6-11(15)10-5-8-3-1-2-4-12(8)16-13(10)7-9/h5,8,12-13H,1-4,6-7H2. The van der Waals surface area contributed by atoms with Crippen LogP contribution in [-0.4, -0.2) is 23.8 Å². The molecule has 86 valence electrons. The fourth-order valence-electron chi connectivity index (χ4n) is 3.10. The molecule has 3 unspecified atom stereocenters. The number of fused-ring (bicyclic) bond motifs is 2. The number of Topliss-reactive ketones (excluding diaryl/α,β-unsaturated/α-hetero) is 2. The maximum Gasteiger partial charge on any atom is 0.168 e. The zero-order valence-electron chi connectivity index (χ0n) is 9.28. The molecular formula is C13H16O3. The molecular weight excluding hydrogens is 204 g/mol. The number of ether oxygens (including phenoxy) is 1. The molecule has 3 rings (SSSR count). The summed E-state index contributed by atoms with van der Waals surface area (Å²) in [6.07, 6.45) is 7.26. The summed E-state index contributed by atoms with van der Waals surface area (Å²) in [7, 11) is 0. The van der Waals surface area contributed by atoms with Crippen LogP contribution in [0.2, 0.25) is 0 Å². The quantitative estimate of drug-likeness (QED) is 0.585. The number of hydrogen-bond acceptors (Lipinski definition) is 3. The van der Waals surface area contributed by atoms with E-state index in [0.717, 1.165) is 18.4 Å². The summed E-state index contributed by atoms with van der Waals surface area (Å²) in [4.78, 5) is 23.1. The number of carbonyl (C=O) groups excluding carboxylic acids is 2. The van der Waals surface area contributed by atoms with Gasteiger partial charge in [-0.1, -0.05) is 18.9 Å². The van der Waals surface area contributed by atoms with Gasteiger partial charge >= 0.3 is 0 Å². The third-order valence-electron chi connectivity index (χ3n) is 3.93. The largest absolute Gasteiger partial charge is 0.369 e. The minimum absolute atomic E-state index is 0.00901. The second-order valence-electron chi connectivity index (χ2n) is 5.08. The molecule has 0 aromatic heterocycles. The van der Waals surface area contributed by atoms with Crippen LogP contribution in [0.3, 0.4) is 0 Å². The van der Waals surface area contributed by atoms with Crippen LogP contribution >= 0.6 is 0 Å². The minimum atomic E-state index is -0.229. The van der Waals surface area contributed by atoms with Crippen molar-refractivity contribution in [1.29, 1.82) is 0 Å². The van der Waals surface area contributed by atoms with E-state index in [0.29, 0.717) is 12.3 Å². The lowest BCUT2D eigenvalue weighted by Gasteiger charge is -2.39. The van der Waals surface area contributed by atoms with E-state index in [2.05, 4.69) is 6.08 Å². The summed E-state index contributed by atoms with van der Waals surface area (Å²) in [5.74, 6) is 0.434. The van der Waals surface area contributed by atoms with E-state index in [-0.39, 0.29) is 30.2 Å². The Hall–Kier alpha value is -0.960. The van der Waals surface area contributed by atoms with Crippen LogP contribution in [-0.2, 0) is 14.3 Å². The van der Waals surface area contributed by atoms with Crippen molar-refractivity contribution in [3.8, 4) is 0 Å². The zero-order valence-corrected chi connectivity index (χ0v) is 9.28. The van der Waals surface area contributed by atoms with Gasteiger partial charge in [-0.3, -0.25) is 9.59 Å². The SMILES string of the molecule is O=C1CC(=O)C2=CC3CCCCC3OC2C1. The van der Waals surface area contributed by atoms with Crippen LogP contribution in [0.5, 0.6) is 0 Å². The molecule has 0 bridgehead atoms. The first-order valence-electron chi connectivity index (χ1n) is 6.16. The smallest absolute Gasteiger partial charge is 0.168 e. The molecule has 0 N–H and O–H groups in total. The van der Waals surface area contributed by atoms with Gasteiger partial charge in [0.15, 0.2) is 5.78 Å². The van der Waals surface area contributed by atoms with Gasteiger partial charge in [0.25, 0.3) is 0 Å². The normalized spacial score (nSPS) is 38.8. The van der Waals surface area contributed by atoms with Gasteiger partial charge in [-0.25, -0.2) is 0 Å². The molecule has 2 fully saturated rings. The summed E-state index contributed by atoms with van der Waals surface area (Å²) in [5, 5.41) is 0. The van der Waals surface area contributed by atoms with Gasteiger partial charge in [-0.2, -0.15) is 0 Å². The Morgan fingerprint density at radius 1 is 1.19 bits per heavy atom. The molecule has 0 saturated heterocycles. The molecule has 0 radical (unpaired) electrons. The molecule has 3 aliphatic rings. The van der Waals surface area contributed by atoms with Gasteiger partial charge in [0.05, 0.1) is 18.6 Å². The van der Waals surface area contributed by atoms with Crippen molar-refractivity contribution in [2.75, 3.05) is 0 Å². The fraction of sp³-hybridized carbons (Fsp3) is 0.692. The van der Waals surface area contributed by atoms with E-state index in [9.17, 15) is 9.59 Å². The fourth-order valence-corrected chi connectivity index (χ4v) is 3.10. The van der Waals surface area contributed by atoms with Crippen LogP contribution in [0.25, 0.3) is 0 Å². The van der Waals surface area contributed by atoms with Crippen molar-refractivity contribution in [1.82, 2.24) is 0 Å². The van der Waals surface area contributed by atoms with Crippen molar-refractivity contribution in [2.45, 2.75) is 50.7 Å². The number of hydrogen-bond donors (Lipinski definition) is 0. The molecule has 1 heterocycles. The van der Waals surface area contributed by atoms with Crippen LogP contribution in [0.4, 0.5) is 0 Å². The van der Waals surface area contributed by atoms with Gasteiger partial charge in [0.1, 0.15) is 5.78 Å². The van der Waals surface area contributed by atoms with Crippen LogP contribution in [0, 0.1) is 5.92 Å². The Morgan fingerprint density at radius 3 is 2.88 bits per heavy atom. The average Bonchev–Trinajstić information content (AvgIpc) is 2.27. The highest BCUT2D eigenvalue weighted by Crippen LogP contribution is 2.37. The summed E-state index contributed by atoms with van der Waals surface area (Å²) >= 11 is 0. The van der Waals surface area contributed by atoms with Gasteiger partial charge in [-0.05, 0) is 12.8 Å². The number of ketones is 2. The monoisotopic (exact) mass is 220 g/mol. The van der Waals surface area contributed by atoms with E-state index >= 15 is 0 Å². The molecule has 0 amide bonds. The Labute approximate surface area is 94.8 Å². The molecule has 3 nitrogen and oxygen atoms in total. The first-order chi connectivity index (χ1) is 7.74. The van der Waals surface area contributed by atoms with Crippen LogP contribution < -0.4 is 0 Å². The minimum Gasteiger partial charge on any atom is -0.369 e. The Bertz CT molecular complexity index is 369. The lowest BCUT2D eigenvalue weighted by Crippen LogP contribution is -2.42. The highest BCUT2D eigenvalue weighted by Gasteiger charge is 2.39. The molecule has 3 atom stereocenters. The van der Waals surface area contributed by atoms with Crippen molar-refractivity contribution in [2.24, 2.45) is 5.92 Å². The number of carbonyl (C=O) groups is 2. The Kier molecular flexibility index (Phi) is 2.43. The van der Waals surface area contributed by atoms with E-state index in [4.69, 9.17) is 4.74 Å². The molecule has 16 heavy (non-hydrogen) atoms. The molecule has 2 saturated carbocycles. The third-order valence-corrected chi connectivity index (χ3v) is 3.93. The van der Waals surface area contributed by atoms with Crippen molar-refractivity contribution >= 4 is 11.6 Å². The average molecular weight is 220 g/mol. The molecule has 0 spiro atoms. The maximum atomic E-state index is 11.7. The predicted molar refractivity (Wildman–Crippen MR) is 58.0 cm³/mol. The predicted octanol–water partition coefficient (Wildman–Crippen LogP) is 1.80. The van der Waals surface area contributed by atoms with Gasteiger partial charge in [-0.15, -0.1) is 0 Å². The summed E-state index contributed by atoms with van der Waals surface area (Å²) < 4.78 is 5.93. The van der Waals surface area contributed by atoms with Crippen LogP contribution in [0.15, 0.2) is 11.6 Å². The highest BCUT2D eigenvalue weighted by molar-refractivity contribution is 6.11. The van der Waals surface area contributed by atoms with E-state index in [1.165, 1.54) is 12.8 Å².